The minimum absolute atomic E-state index is 0.0755. The standard InChI is InChI=1S/C18H30N6O3S/c1-5-23(6-2)28(26,27)24-10-8-16-15(12-24)18(19-4)21-17(20-16)14-7-9-22(11-14)13(3)25/h14H,5-12H2,1-4H3,(H,19,20,21)/t14-/m1/s1. The lowest BCUT2D eigenvalue weighted by Gasteiger charge is -2.32. The number of hydrogen-bond donors (Lipinski definition) is 1. The normalized spacial score (nSPS) is 20.5. The van der Waals surface area contributed by atoms with Crippen molar-refractivity contribution in [1.29, 1.82) is 0 Å². The summed E-state index contributed by atoms with van der Waals surface area (Å²) in [5, 5.41) is 3.12. The van der Waals surface area contributed by atoms with Gasteiger partial charge in [0.05, 0.1) is 5.69 Å². The van der Waals surface area contributed by atoms with Gasteiger partial charge in [0.1, 0.15) is 11.6 Å². The van der Waals surface area contributed by atoms with E-state index in [0.717, 1.165) is 30.0 Å². The molecule has 2 aliphatic heterocycles. The van der Waals surface area contributed by atoms with Crippen molar-refractivity contribution in [3.05, 3.63) is 17.1 Å². The van der Waals surface area contributed by atoms with Gasteiger partial charge in [0.2, 0.25) is 5.91 Å². The molecule has 156 valence electrons. The summed E-state index contributed by atoms with van der Waals surface area (Å²) in [5.41, 5.74) is 1.75. The first kappa shape index (κ1) is 20.9. The molecule has 1 fully saturated rings. The lowest BCUT2D eigenvalue weighted by molar-refractivity contribution is -0.127. The van der Waals surface area contributed by atoms with Crippen LogP contribution in [0.15, 0.2) is 0 Å². The zero-order chi connectivity index (χ0) is 20.5. The number of likely N-dealkylation sites (tertiary alicyclic amines) is 1. The number of rotatable bonds is 6. The van der Waals surface area contributed by atoms with Gasteiger partial charge in [-0.05, 0) is 6.42 Å². The number of anilines is 1. The van der Waals surface area contributed by atoms with Gasteiger partial charge in [0.25, 0.3) is 10.2 Å². The van der Waals surface area contributed by atoms with Crippen molar-refractivity contribution >= 4 is 21.9 Å². The number of nitrogens with one attached hydrogen (secondary N) is 1. The van der Waals surface area contributed by atoms with Crippen molar-refractivity contribution in [3.63, 3.8) is 0 Å². The van der Waals surface area contributed by atoms with Crippen LogP contribution < -0.4 is 5.32 Å². The van der Waals surface area contributed by atoms with Gasteiger partial charge in [-0.25, -0.2) is 9.97 Å². The largest absolute Gasteiger partial charge is 0.373 e. The number of carbonyl (C=O) groups is 1. The number of fused-ring (bicyclic) bond motifs is 1. The van der Waals surface area contributed by atoms with Crippen molar-refractivity contribution in [1.82, 2.24) is 23.5 Å². The van der Waals surface area contributed by atoms with Crippen molar-refractivity contribution in [2.24, 2.45) is 0 Å². The van der Waals surface area contributed by atoms with Crippen LogP contribution in [-0.4, -0.2) is 77.6 Å². The smallest absolute Gasteiger partial charge is 0.282 e. The lowest BCUT2D eigenvalue weighted by Crippen LogP contribution is -2.46. The summed E-state index contributed by atoms with van der Waals surface area (Å²) in [7, 11) is -1.70. The maximum atomic E-state index is 12.9. The zero-order valence-electron chi connectivity index (χ0n) is 17.1. The van der Waals surface area contributed by atoms with E-state index in [4.69, 9.17) is 4.98 Å². The molecule has 0 aliphatic carbocycles. The first-order valence-electron chi connectivity index (χ1n) is 9.89. The molecule has 1 saturated heterocycles. The molecule has 1 aromatic rings. The second-order valence-corrected chi connectivity index (χ2v) is 9.16. The molecular formula is C18H30N6O3S. The monoisotopic (exact) mass is 410 g/mol. The van der Waals surface area contributed by atoms with E-state index in [1.807, 2.05) is 18.7 Å². The zero-order valence-corrected chi connectivity index (χ0v) is 17.9. The molecule has 1 N–H and O–H groups in total. The summed E-state index contributed by atoms with van der Waals surface area (Å²) in [6, 6.07) is 0. The molecule has 0 unspecified atom stereocenters. The van der Waals surface area contributed by atoms with Crippen LogP contribution in [0.1, 0.15) is 50.2 Å². The second-order valence-electron chi connectivity index (χ2n) is 7.23. The summed E-state index contributed by atoms with van der Waals surface area (Å²) < 4.78 is 28.8. The Morgan fingerprint density at radius 1 is 1.25 bits per heavy atom. The van der Waals surface area contributed by atoms with E-state index >= 15 is 0 Å². The molecule has 0 radical (unpaired) electrons. The summed E-state index contributed by atoms with van der Waals surface area (Å²) in [6.07, 6.45) is 1.41. The van der Waals surface area contributed by atoms with Crippen LogP contribution in [-0.2, 0) is 28.0 Å². The number of carbonyl (C=O) groups excluding carboxylic acids is 1. The Bertz CT molecular complexity index is 823. The Labute approximate surface area is 167 Å². The van der Waals surface area contributed by atoms with Gasteiger partial charge < -0.3 is 10.2 Å². The van der Waals surface area contributed by atoms with Gasteiger partial charge in [-0.3, -0.25) is 4.79 Å². The second kappa shape index (κ2) is 8.30. The summed E-state index contributed by atoms with van der Waals surface area (Å²) in [4.78, 5) is 22.9. The quantitative estimate of drug-likeness (QED) is 0.745. The van der Waals surface area contributed by atoms with E-state index in [9.17, 15) is 13.2 Å². The number of amides is 1. The molecule has 0 aromatic carbocycles. The minimum Gasteiger partial charge on any atom is -0.373 e. The van der Waals surface area contributed by atoms with E-state index in [0.29, 0.717) is 38.4 Å². The molecule has 1 atom stereocenters. The fourth-order valence-electron chi connectivity index (χ4n) is 3.96. The highest BCUT2D eigenvalue weighted by molar-refractivity contribution is 7.86. The maximum absolute atomic E-state index is 12.9. The Morgan fingerprint density at radius 3 is 2.54 bits per heavy atom. The predicted octanol–water partition coefficient (Wildman–Crippen LogP) is 0.799. The first-order valence-corrected chi connectivity index (χ1v) is 11.3. The van der Waals surface area contributed by atoms with Crippen LogP contribution in [0, 0.1) is 0 Å². The third-order valence-electron chi connectivity index (χ3n) is 5.64. The van der Waals surface area contributed by atoms with E-state index < -0.39 is 10.2 Å². The van der Waals surface area contributed by atoms with Crippen LogP contribution >= 0.6 is 0 Å². The van der Waals surface area contributed by atoms with Crippen molar-refractivity contribution in [3.8, 4) is 0 Å². The fraction of sp³-hybridized carbons (Fsp3) is 0.722. The van der Waals surface area contributed by atoms with E-state index in [2.05, 4.69) is 10.3 Å². The third kappa shape index (κ3) is 3.85. The van der Waals surface area contributed by atoms with Crippen molar-refractivity contribution < 1.29 is 13.2 Å². The molecule has 0 saturated carbocycles. The van der Waals surface area contributed by atoms with E-state index in [-0.39, 0.29) is 18.4 Å². The fourth-order valence-corrected chi connectivity index (χ4v) is 5.56. The molecule has 1 amide bonds. The van der Waals surface area contributed by atoms with E-state index in [1.165, 1.54) is 8.61 Å². The number of hydrogen-bond acceptors (Lipinski definition) is 6. The molecule has 3 rings (SSSR count). The third-order valence-corrected chi connectivity index (χ3v) is 7.77. The maximum Gasteiger partial charge on any atom is 0.282 e. The Balaban J connectivity index is 1.87. The van der Waals surface area contributed by atoms with Crippen molar-refractivity contribution in [2.45, 2.75) is 46.1 Å². The van der Waals surface area contributed by atoms with Crippen LogP contribution in [0.4, 0.5) is 5.82 Å². The summed E-state index contributed by atoms with van der Waals surface area (Å²) >= 11 is 0. The number of aromatic nitrogens is 2. The predicted molar refractivity (Wildman–Crippen MR) is 107 cm³/mol. The molecule has 10 heteroatoms. The van der Waals surface area contributed by atoms with Crippen LogP contribution in [0.2, 0.25) is 0 Å². The van der Waals surface area contributed by atoms with Gasteiger partial charge in [-0.2, -0.15) is 17.0 Å². The van der Waals surface area contributed by atoms with Gasteiger partial charge >= 0.3 is 0 Å². The molecule has 2 aliphatic rings. The average Bonchev–Trinajstić information content (AvgIpc) is 3.18. The summed E-state index contributed by atoms with van der Waals surface area (Å²) in [5.74, 6) is 1.62. The molecule has 3 heterocycles. The highest BCUT2D eigenvalue weighted by Gasteiger charge is 2.34. The van der Waals surface area contributed by atoms with Gasteiger partial charge in [0, 0.05) is 71.1 Å². The molecule has 28 heavy (non-hydrogen) atoms. The number of nitrogens with zero attached hydrogens (tertiary/aromatic N) is 5. The first-order chi connectivity index (χ1) is 13.3. The Kier molecular flexibility index (Phi) is 6.21. The topological polar surface area (TPSA) is 98.7 Å². The Morgan fingerprint density at radius 2 is 1.96 bits per heavy atom. The highest BCUT2D eigenvalue weighted by Crippen LogP contribution is 2.31. The summed E-state index contributed by atoms with van der Waals surface area (Å²) in [6.45, 7) is 8.23. The minimum atomic E-state index is -3.50. The lowest BCUT2D eigenvalue weighted by atomic mass is 10.0. The van der Waals surface area contributed by atoms with Crippen molar-refractivity contribution in [2.75, 3.05) is 45.1 Å². The average molecular weight is 411 g/mol. The Hall–Kier alpha value is -1.78. The van der Waals surface area contributed by atoms with Crippen LogP contribution in [0.3, 0.4) is 0 Å². The molecule has 0 bridgehead atoms. The van der Waals surface area contributed by atoms with Gasteiger partial charge in [-0.1, -0.05) is 13.8 Å². The van der Waals surface area contributed by atoms with Gasteiger partial charge in [-0.15, -0.1) is 0 Å². The van der Waals surface area contributed by atoms with Crippen LogP contribution in [0.25, 0.3) is 0 Å². The van der Waals surface area contributed by atoms with Gasteiger partial charge in [0.15, 0.2) is 0 Å². The van der Waals surface area contributed by atoms with E-state index in [1.54, 1.807) is 14.0 Å². The SMILES string of the molecule is CCN(CC)S(=O)(=O)N1CCc2nc([C@@H]3CCN(C(C)=O)C3)nc(NC)c2C1. The molecule has 9 nitrogen and oxygen atoms in total. The molecular weight excluding hydrogens is 380 g/mol. The van der Waals surface area contributed by atoms with Crippen LogP contribution in [0.5, 0.6) is 0 Å². The highest BCUT2D eigenvalue weighted by atomic mass is 32.2. The molecule has 1 aromatic heterocycles. The molecule has 0 spiro atoms.